The molecule has 1 N–H and O–H groups in total. The zero-order valence-electron chi connectivity index (χ0n) is 15.1. The minimum Gasteiger partial charge on any atom is -0.497 e. The number of nitriles is 1. The van der Waals surface area contributed by atoms with Gasteiger partial charge in [0, 0.05) is 11.3 Å². The van der Waals surface area contributed by atoms with Crippen molar-refractivity contribution in [3.05, 3.63) is 59.2 Å². The van der Waals surface area contributed by atoms with E-state index in [0.29, 0.717) is 17.1 Å². The van der Waals surface area contributed by atoms with Crippen LogP contribution in [0.1, 0.15) is 29.7 Å². The minimum absolute atomic E-state index is 0.0407. The lowest BCUT2D eigenvalue weighted by molar-refractivity contribution is -0.119. The zero-order valence-corrected chi connectivity index (χ0v) is 15.9. The van der Waals surface area contributed by atoms with Gasteiger partial charge in [0.1, 0.15) is 11.5 Å². The van der Waals surface area contributed by atoms with Crippen molar-refractivity contribution in [3.8, 4) is 17.6 Å². The Labute approximate surface area is 158 Å². The largest absolute Gasteiger partial charge is 0.497 e. The van der Waals surface area contributed by atoms with Crippen LogP contribution in [0.3, 0.4) is 0 Å². The number of hydrogen-bond acceptors (Lipinski definition) is 5. The van der Waals surface area contributed by atoms with Crippen LogP contribution in [0.2, 0.25) is 0 Å². The van der Waals surface area contributed by atoms with Gasteiger partial charge in [-0.05, 0) is 42.8 Å². The summed E-state index contributed by atoms with van der Waals surface area (Å²) in [5.41, 5.74) is 2.60. The minimum atomic E-state index is -0.192. The average molecular weight is 370 g/mol. The molecule has 0 spiro atoms. The highest BCUT2D eigenvalue weighted by Gasteiger charge is 2.15. The fourth-order valence-corrected chi connectivity index (χ4v) is 3.27. The summed E-state index contributed by atoms with van der Waals surface area (Å²) in [5.74, 6) is 2.47. The van der Waals surface area contributed by atoms with Crippen molar-refractivity contribution >= 4 is 17.7 Å². The number of carbonyl (C=O) groups excluding carboxylic acids is 1. The number of hydrogen-bond donors (Lipinski definition) is 1. The summed E-state index contributed by atoms with van der Waals surface area (Å²) in [6.45, 7) is 1.92. The first-order valence-corrected chi connectivity index (χ1v) is 9.31. The van der Waals surface area contributed by atoms with Crippen LogP contribution in [0.15, 0.2) is 42.5 Å². The summed E-state index contributed by atoms with van der Waals surface area (Å²) in [7, 11) is 3.21. The molecule has 0 radical (unpaired) electrons. The molecule has 1 amide bonds. The number of amides is 1. The second-order valence-electron chi connectivity index (χ2n) is 5.70. The molecule has 6 heteroatoms. The highest BCUT2D eigenvalue weighted by atomic mass is 32.2. The number of nitrogens with one attached hydrogen (secondary N) is 1. The van der Waals surface area contributed by atoms with Gasteiger partial charge in [-0.25, -0.2) is 0 Å². The van der Waals surface area contributed by atoms with Crippen LogP contribution in [-0.2, 0) is 10.5 Å². The van der Waals surface area contributed by atoms with Gasteiger partial charge in [0.05, 0.1) is 37.6 Å². The first-order valence-electron chi connectivity index (χ1n) is 8.15. The van der Waals surface area contributed by atoms with Gasteiger partial charge in [0.15, 0.2) is 0 Å². The second kappa shape index (κ2) is 9.73. The van der Waals surface area contributed by atoms with Crippen molar-refractivity contribution in [2.45, 2.75) is 18.7 Å². The van der Waals surface area contributed by atoms with Crippen molar-refractivity contribution < 1.29 is 14.3 Å². The molecule has 2 aromatic rings. The molecule has 0 aliphatic heterocycles. The van der Waals surface area contributed by atoms with E-state index in [2.05, 4.69) is 11.4 Å². The Bertz CT molecular complexity index is 785. The monoisotopic (exact) mass is 370 g/mol. The molecule has 0 saturated heterocycles. The normalized spacial score (nSPS) is 11.3. The van der Waals surface area contributed by atoms with E-state index in [1.165, 1.54) is 11.8 Å². The van der Waals surface area contributed by atoms with Gasteiger partial charge in [0.25, 0.3) is 0 Å². The first kappa shape index (κ1) is 19.7. The number of nitrogens with zero attached hydrogens (tertiary/aromatic N) is 1. The summed E-state index contributed by atoms with van der Waals surface area (Å²) < 4.78 is 10.6. The van der Waals surface area contributed by atoms with E-state index >= 15 is 0 Å². The molecule has 1 unspecified atom stereocenters. The Morgan fingerprint density at radius 2 is 1.92 bits per heavy atom. The summed E-state index contributed by atoms with van der Waals surface area (Å²) in [6.07, 6.45) is 0. The summed E-state index contributed by atoms with van der Waals surface area (Å²) >= 11 is 1.53. The lowest BCUT2D eigenvalue weighted by Gasteiger charge is -2.18. The molecule has 0 fully saturated rings. The van der Waals surface area contributed by atoms with E-state index in [0.717, 1.165) is 22.6 Å². The van der Waals surface area contributed by atoms with Gasteiger partial charge in [-0.1, -0.05) is 12.1 Å². The van der Waals surface area contributed by atoms with Crippen molar-refractivity contribution in [1.29, 1.82) is 5.26 Å². The summed E-state index contributed by atoms with van der Waals surface area (Å²) in [4.78, 5) is 12.2. The van der Waals surface area contributed by atoms with Gasteiger partial charge in [0.2, 0.25) is 5.91 Å². The fraction of sp³-hybridized carbons (Fsp3) is 0.300. The number of rotatable bonds is 8. The number of thioether (sulfide) groups is 1. The number of carbonyl (C=O) groups is 1. The van der Waals surface area contributed by atoms with E-state index in [9.17, 15) is 4.79 Å². The molecule has 1 atom stereocenters. The van der Waals surface area contributed by atoms with Crippen LogP contribution < -0.4 is 14.8 Å². The van der Waals surface area contributed by atoms with Gasteiger partial charge >= 0.3 is 0 Å². The standard InChI is InChI=1S/C20H22N2O3S/c1-14(18-10-17(24-2)8-9-19(18)25-3)22-20(23)13-26-12-16-6-4-15(11-21)5-7-16/h4-10,14H,12-13H2,1-3H3,(H,22,23). The van der Waals surface area contributed by atoms with Crippen LogP contribution in [-0.4, -0.2) is 25.9 Å². The molecule has 5 nitrogen and oxygen atoms in total. The van der Waals surface area contributed by atoms with Crippen LogP contribution in [0, 0.1) is 11.3 Å². The molecule has 2 rings (SSSR count). The SMILES string of the molecule is COc1ccc(OC)c(C(C)NC(=O)CSCc2ccc(C#N)cc2)c1. The van der Waals surface area contributed by atoms with Crippen molar-refractivity contribution in [3.63, 3.8) is 0 Å². The Hall–Kier alpha value is -2.65. The molecule has 0 aliphatic rings. The number of methoxy groups -OCH3 is 2. The highest BCUT2D eigenvalue weighted by Crippen LogP contribution is 2.29. The molecule has 0 bridgehead atoms. The van der Waals surface area contributed by atoms with E-state index in [1.807, 2.05) is 37.3 Å². The lowest BCUT2D eigenvalue weighted by Crippen LogP contribution is -2.28. The molecular formula is C20H22N2O3S. The highest BCUT2D eigenvalue weighted by molar-refractivity contribution is 7.99. The van der Waals surface area contributed by atoms with Crippen molar-refractivity contribution in [2.24, 2.45) is 0 Å². The van der Waals surface area contributed by atoms with Crippen molar-refractivity contribution in [1.82, 2.24) is 5.32 Å². The fourth-order valence-electron chi connectivity index (χ4n) is 2.48. The third-order valence-electron chi connectivity index (χ3n) is 3.87. The first-order chi connectivity index (χ1) is 12.6. The topological polar surface area (TPSA) is 71.3 Å². The summed E-state index contributed by atoms with van der Waals surface area (Å²) in [6, 6.07) is 14.8. The van der Waals surface area contributed by atoms with Gasteiger partial charge in [-0.3, -0.25) is 4.79 Å². The smallest absolute Gasteiger partial charge is 0.230 e. The molecule has 2 aromatic carbocycles. The maximum Gasteiger partial charge on any atom is 0.230 e. The van der Waals surface area contributed by atoms with Crippen molar-refractivity contribution in [2.75, 3.05) is 20.0 Å². The van der Waals surface area contributed by atoms with E-state index in [4.69, 9.17) is 14.7 Å². The third-order valence-corrected chi connectivity index (χ3v) is 4.87. The Morgan fingerprint density at radius 1 is 1.19 bits per heavy atom. The maximum absolute atomic E-state index is 12.2. The summed E-state index contributed by atoms with van der Waals surface area (Å²) in [5, 5.41) is 11.8. The van der Waals surface area contributed by atoms with Gasteiger partial charge in [-0.2, -0.15) is 5.26 Å². The molecular weight excluding hydrogens is 348 g/mol. The average Bonchev–Trinajstić information content (AvgIpc) is 2.67. The molecule has 0 aromatic heterocycles. The van der Waals surface area contributed by atoms with E-state index in [1.54, 1.807) is 26.4 Å². The number of benzene rings is 2. The molecule has 0 heterocycles. The zero-order chi connectivity index (χ0) is 18.9. The molecule has 136 valence electrons. The van der Waals surface area contributed by atoms with Gasteiger partial charge in [-0.15, -0.1) is 11.8 Å². The quantitative estimate of drug-likeness (QED) is 0.767. The predicted molar refractivity (Wildman–Crippen MR) is 103 cm³/mol. The van der Waals surface area contributed by atoms with E-state index < -0.39 is 0 Å². The maximum atomic E-state index is 12.2. The Balaban J connectivity index is 1.88. The molecule has 0 saturated carbocycles. The van der Waals surface area contributed by atoms with Gasteiger partial charge < -0.3 is 14.8 Å². The number of ether oxygens (including phenoxy) is 2. The van der Waals surface area contributed by atoms with Crippen LogP contribution >= 0.6 is 11.8 Å². The second-order valence-corrected chi connectivity index (χ2v) is 6.68. The Kier molecular flexibility index (Phi) is 7.37. The van der Waals surface area contributed by atoms with Crippen LogP contribution in [0.25, 0.3) is 0 Å². The van der Waals surface area contributed by atoms with Crippen LogP contribution in [0.5, 0.6) is 11.5 Å². The molecule has 0 aliphatic carbocycles. The predicted octanol–water partition coefficient (Wildman–Crippen LogP) is 3.69. The van der Waals surface area contributed by atoms with Crippen LogP contribution in [0.4, 0.5) is 0 Å². The van der Waals surface area contributed by atoms with E-state index in [-0.39, 0.29) is 11.9 Å². The molecule has 26 heavy (non-hydrogen) atoms. The Morgan fingerprint density at radius 3 is 2.54 bits per heavy atom. The third kappa shape index (κ3) is 5.43. The lowest BCUT2D eigenvalue weighted by atomic mass is 10.1.